The van der Waals surface area contributed by atoms with Crippen molar-refractivity contribution in [3.8, 4) is 5.75 Å². The van der Waals surface area contributed by atoms with E-state index in [4.69, 9.17) is 4.74 Å². The second kappa shape index (κ2) is 3.28. The van der Waals surface area contributed by atoms with Crippen molar-refractivity contribution >= 4 is 0 Å². The van der Waals surface area contributed by atoms with Crippen molar-refractivity contribution in [1.29, 1.82) is 0 Å². The summed E-state index contributed by atoms with van der Waals surface area (Å²) in [5.41, 5.74) is 2.51. The van der Waals surface area contributed by atoms with E-state index in [1.54, 1.807) is 0 Å². The first-order chi connectivity index (χ1) is 6.64. The molecule has 0 fully saturated rings. The Kier molecular flexibility index (Phi) is 2.23. The fourth-order valence-electron chi connectivity index (χ4n) is 2.16. The molecule has 0 saturated carbocycles. The van der Waals surface area contributed by atoms with Crippen molar-refractivity contribution in [2.45, 2.75) is 25.9 Å². The summed E-state index contributed by atoms with van der Waals surface area (Å²) < 4.78 is 6.00. The molecule has 1 N–H and O–H groups in total. The van der Waals surface area contributed by atoms with Crippen LogP contribution < -0.4 is 10.1 Å². The van der Waals surface area contributed by atoms with Crippen molar-refractivity contribution in [3.63, 3.8) is 0 Å². The Morgan fingerprint density at radius 3 is 2.93 bits per heavy atom. The molecular formula is C12H17NO. The minimum absolute atomic E-state index is 0.0663. The van der Waals surface area contributed by atoms with Gasteiger partial charge in [-0.3, -0.25) is 0 Å². The van der Waals surface area contributed by atoms with Gasteiger partial charge in [0, 0.05) is 13.0 Å². The van der Waals surface area contributed by atoms with Gasteiger partial charge in [0.05, 0.1) is 0 Å². The molecule has 76 valence electrons. The third kappa shape index (κ3) is 1.50. The topological polar surface area (TPSA) is 21.3 Å². The number of hydrogen-bond acceptors (Lipinski definition) is 2. The molecule has 1 atom stereocenters. The van der Waals surface area contributed by atoms with Crippen molar-refractivity contribution in [1.82, 2.24) is 5.32 Å². The van der Waals surface area contributed by atoms with Crippen molar-refractivity contribution in [3.05, 3.63) is 29.3 Å². The van der Waals surface area contributed by atoms with E-state index >= 15 is 0 Å². The minimum Gasteiger partial charge on any atom is -0.485 e. The Morgan fingerprint density at radius 1 is 1.50 bits per heavy atom. The summed E-state index contributed by atoms with van der Waals surface area (Å²) in [6, 6.07) is 6.36. The number of ether oxygens (including phenoxy) is 1. The lowest BCUT2D eigenvalue weighted by Gasteiger charge is -2.23. The number of benzene rings is 1. The fourth-order valence-corrected chi connectivity index (χ4v) is 2.16. The van der Waals surface area contributed by atoms with Gasteiger partial charge < -0.3 is 10.1 Å². The summed E-state index contributed by atoms with van der Waals surface area (Å²) in [4.78, 5) is 0. The zero-order valence-electron chi connectivity index (χ0n) is 9.05. The molecule has 2 nitrogen and oxygen atoms in total. The van der Waals surface area contributed by atoms with E-state index in [9.17, 15) is 0 Å². The summed E-state index contributed by atoms with van der Waals surface area (Å²) in [5, 5.41) is 3.18. The standard InChI is InChI=1S/C12H17NO/c1-9-5-4-6-10-7-12(2,8-13-3)14-11(9)10/h4-6,13H,7-8H2,1-3H3. The van der Waals surface area contributed by atoms with Crippen LogP contribution in [0.15, 0.2) is 18.2 Å². The molecule has 0 saturated heterocycles. The molecule has 0 aliphatic carbocycles. The highest BCUT2D eigenvalue weighted by Crippen LogP contribution is 2.36. The van der Waals surface area contributed by atoms with Crippen LogP contribution in [0.5, 0.6) is 5.75 Å². The summed E-state index contributed by atoms with van der Waals surface area (Å²) in [5.74, 6) is 1.09. The van der Waals surface area contributed by atoms with Crippen LogP contribution >= 0.6 is 0 Å². The Bertz CT molecular complexity index is 348. The van der Waals surface area contributed by atoms with E-state index in [-0.39, 0.29) is 5.60 Å². The van der Waals surface area contributed by atoms with Crippen LogP contribution in [0, 0.1) is 6.92 Å². The van der Waals surface area contributed by atoms with Gasteiger partial charge >= 0.3 is 0 Å². The number of para-hydroxylation sites is 1. The third-order valence-electron chi connectivity index (χ3n) is 2.76. The molecule has 1 aliphatic rings. The van der Waals surface area contributed by atoms with Gasteiger partial charge in [0.1, 0.15) is 11.4 Å². The molecule has 1 heterocycles. The molecule has 1 aromatic rings. The van der Waals surface area contributed by atoms with E-state index in [0.717, 1.165) is 18.7 Å². The van der Waals surface area contributed by atoms with Gasteiger partial charge in [-0.25, -0.2) is 0 Å². The van der Waals surface area contributed by atoms with Gasteiger partial charge in [-0.2, -0.15) is 0 Å². The molecule has 0 radical (unpaired) electrons. The SMILES string of the molecule is CNCC1(C)Cc2cccc(C)c2O1. The molecular weight excluding hydrogens is 174 g/mol. The Labute approximate surface area is 85.3 Å². The number of fused-ring (bicyclic) bond motifs is 1. The molecule has 1 unspecified atom stereocenters. The second-order valence-corrected chi connectivity index (χ2v) is 4.32. The molecule has 2 heteroatoms. The smallest absolute Gasteiger partial charge is 0.126 e. The number of hydrogen-bond donors (Lipinski definition) is 1. The van der Waals surface area contributed by atoms with Crippen LogP contribution in [-0.4, -0.2) is 19.2 Å². The van der Waals surface area contributed by atoms with Gasteiger partial charge in [-0.05, 0) is 32.0 Å². The largest absolute Gasteiger partial charge is 0.485 e. The number of rotatable bonds is 2. The average Bonchev–Trinajstić information content (AvgIpc) is 2.44. The first-order valence-corrected chi connectivity index (χ1v) is 5.07. The van der Waals surface area contributed by atoms with Crippen LogP contribution in [0.25, 0.3) is 0 Å². The minimum atomic E-state index is -0.0663. The Balaban J connectivity index is 2.29. The maximum Gasteiger partial charge on any atom is 0.126 e. The maximum atomic E-state index is 6.00. The lowest BCUT2D eigenvalue weighted by Crippen LogP contribution is -2.40. The molecule has 2 rings (SSSR count). The highest BCUT2D eigenvalue weighted by molar-refractivity contribution is 5.45. The Hall–Kier alpha value is -1.02. The normalized spacial score (nSPS) is 24.5. The second-order valence-electron chi connectivity index (χ2n) is 4.32. The molecule has 1 aliphatic heterocycles. The van der Waals surface area contributed by atoms with E-state index in [1.165, 1.54) is 11.1 Å². The summed E-state index contributed by atoms with van der Waals surface area (Å²) in [6.45, 7) is 5.15. The monoisotopic (exact) mass is 191 g/mol. The van der Waals surface area contributed by atoms with Gasteiger partial charge in [0.15, 0.2) is 0 Å². The van der Waals surface area contributed by atoms with Crippen LogP contribution in [0.2, 0.25) is 0 Å². The highest BCUT2D eigenvalue weighted by atomic mass is 16.5. The molecule has 14 heavy (non-hydrogen) atoms. The zero-order chi connectivity index (χ0) is 10.2. The van der Waals surface area contributed by atoms with Crippen LogP contribution in [0.4, 0.5) is 0 Å². The lowest BCUT2D eigenvalue weighted by atomic mass is 9.99. The summed E-state index contributed by atoms with van der Waals surface area (Å²) >= 11 is 0. The van der Waals surface area contributed by atoms with Crippen molar-refractivity contribution in [2.75, 3.05) is 13.6 Å². The molecule has 0 amide bonds. The first kappa shape index (κ1) is 9.53. The maximum absolute atomic E-state index is 6.00. The van der Waals surface area contributed by atoms with Crippen LogP contribution in [0.3, 0.4) is 0 Å². The number of aryl methyl sites for hydroxylation is 1. The molecule has 0 aromatic heterocycles. The number of likely N-dealkylation sites (N-methyl/N-ethyl adjacent to an activating group) is 1. The van der Waals surface area contributed by atoms with Gasteiger partial charge in [0.25, 0.3) is 0 Å². The third-order valence-corrected chi connectivity index (χ3v) is 2.76. The van der Waals surface area contributed by atoms with Crippen molar-refractivity contribution < 1.29 is 4.74 Å². The Morgan fingerprint density at radius 2 is 2.29 bits per heavy atom. The zero-order valence-corrected chi connectivity index (χ0v) is 9.05. The van der Waals surface area contributed by atoms with Gasteiger partial charge in [-0.1, -0.05) is 18.2 Å². The molecule has 0 spiro atoms. The first-order valence-electron chi connectivity index (χ1n) is 5.07. The van der Waals surface area contributed by atoms with Crippen molar-refractivity contribution in [2.24, 2.45) is 0 Å². The highest BCUT2D eigenvalue weighted by Gasteiger charge is 2.34. The summed E-state index contributed by atoms with van der Waals surface area (Å²) in [6.07, 6.45) is 1.00. The predicted molar refractivity (Wildman–Crippen MR) is 57.8 cm³/mol. The number of nitrogens with one attached hydrogen (secondary N) is 1. The van der Waals surface area contributed by atoms with E-state index in [2.05, 4.69) is 37.4 Å². The van der Waals surface area contributed by atoms with E-state index in [1.807, 2.05) is 7.05 Å². The van der Waals surface area contributed by atoms with Gasteiger partial charge in [-0.15, -0.1) is 0 Å². The fraction of sp³-hybridized carbons (Fsp3) is 0.500. The van der Waals surface area contributed by atoms with Crippen LogP contribution in [-0.2, 0) is 6.42 Å². The lowest BCUT2D eigenvalue weighted by molar-refractivity contribution is 0.116. The predicted octanol–water partition coefficient (Wildman–Crippen LogP) is 1.91. The molecule has 0 bridgehead atoms. The summed E-state index contributed by atoms with van der Waals surface area (Å²) in [7, 11) is 1.96. The van der Waals surface area contributed by atoms with E-state index < -0.39 is 0 Å². The average molecular weight is 191 g/mol. The van der Waals surface area contributed by atoms with Gasteiger partial charge in [0.2, 0.25) is 0 Å². The quantitative estimate of drug-likeness (QED) is 0.771. The van der Waals surface area contributed by atoms with E-state index in [0.29, 0.717) is 0 Å². The molecule has 1 aromatic carbocycles. The van der Waals surface area contributed by atoms with Crippen LogP contribution in [0.1, 0.15) is 18.1 Å².